The van der Waals surface area contributed by atoms with Gasteiger partial charge in [0.05, 0.1) is 5.69 Å². The van der Waals surface area contributed by atoms with E-state index in [1.165, 1.54) is 11.0 Å². The van der Waals surface area contributed by atoms with Crippen LogP contribution in [0, 0.1) is 11.6 Å². The van der Waals surface area contributed by atoms with Crippen molar-refractivity contribution in [2.24, 2.45) is 0 Å². The van der Waals surface area contributed by atoms with Crippen LogP contribution < -0.4 is 5.32 Å². The number of amides is 2. The van der Waals surface area contributed by atoms with Crippen molar-refractivity contribution >= 4 is 28.5 Å². The highest BCUT2D eigenvalue weighted by atomic mass is 32.1. The number of carbonyl (C=O) groups excluding carboxylic acids is 2. The summed E-state index contributed by atoms with van der Waals surface area (Å²) in [6.45, 7) is 0.555. The predicted molar refractivity (Wildman–Crippen MR) is 112 cm³/mol. The first-order valence-corrected chi connectivity index (χ1v) is 10.6. The average molecular weight is 443 g/mol. The van der Waals surface area contributed by atoms with Crippen molar-refractivity contribution in [3.63, 3.8) is 0 Å². The molecule has 4 rings (SSSR count). The van der Waals surface area contributed by atoms with Crippen LogP contribution in [-0.2, 0) is 16.1 Å². The molecule has 3 aromatic rings. The van der Waals surface area contributed by atoms with E-state index in [2.05, 4.69) is 10.3 Å². The third-order valence-electron chi connectivity index (χ3n) is 4.94. The van der Waals surface area contributed by atoms with Crippen LogP contribution in [0.1, 0.15) is 18.4 Å². The Morgan fingerprint density at radius 3 is 2.77 bits per heavy atom. The maximum Gasteiger partial charge on any atom is 0.410 e. The number of anilines is 1. The van der Waals surface area contributed by atoms with E-state index < -0.39 is 23.8 Å². The quantitative estimate of drug-likeness (QED) is 0.613. The number of rotatable bonds is 5. The molecular formula is C22H19F2N3O3S. The molecule has 0 saturated carbocycles. The predicted octanol–water partition coefficient (Wildman–Crippen LogP) is 4.83. The number of thiazole rings is 1. The van der Waals surface area contributed by atoms with Crippen LogP contribution in [0.4, 0.5) is 18.7 Å². The second kappa shape index (κ2) is 9.22. The van der Waals surface area contributed by atoms with Crippen molar-refractivity contribution in [2.45, 2.75) is 25.5 Å². The van der Waals surface area contributed by atoms with E-state index in [1.54, 1.807) is 5.38 Å². The summed E-state index contributed by atoms with van der Waals surface area (Å²) >= 11 is 1.12. The molecule has 31 heavy (non-hydrogen) atoms. The van der Waals surface area contributed by atoms with Gasteiger partial charge in [0.25, 0.3) is 0 Å². The number of benzene rings is 2. The van der Waals surface area contributed by atoms with Crippen molar-refractivity contribution in [3.05, 3.63) is 71.1 Å². The van der Waals surface area contributed by atoms with Crippen molar-refractivity contribution in [1.82, 2.24) is 9.88 Å². The molecule has 6 nitrogen and oxygen atoms in total. The number of nitrogens with one attached hydrogen (secondary N) is 1. The van der Waals surface area contributed by atoms with Gasteiger partial charge < -0.3 is 10.1 Å². The third kappa shape index (κ3) is 4.88. The molecule has 1 N–H and O–H groups in total. The maximum atomic E-state index is 14.0. The Bertz CT molecular complexity index is 1090. The number of halogens is 2. The lowest BCUT2D eigenvalue weighted by molar-refractivity contribution is -0.120. The Hall–Kier alpha value is -3.33. The zero-order valence-corrected chi connectivity index (χ0v) is 17.2. The number of likely N-dealkylation sites (tertiary alicyclic amines) is 1. The fourth-order valence-electron chi connectivity index (χ4n) is 3.40. The molecule has 0 bridgehead atoms. The van der Waals surface area contributed by atoms with Crippen LogP contribution >= 0.6 is 11.3 Å². The van der Waals surface area contributed by atoms with Gasteiger partial charge >= 0.3 is 6.09 Å². The first-order valence-electron chi connectivity index (χ1n) is 9.70. The van der Waals surface area contributed by atoms with E-state index in [-0.39, 0.29) is 23.2 Å². The molecular weight excluding hydrogens is 424 g/mol. The molecule has 0 unspecified atom stereocenters. The van der Waals surface area contributed by atoms with Gasteiger partial charge in [0.15, 0.2) is 5.13 Å². The fraction of sp³-hybridized carbons (Fsp3) is 0.227. The Morgan fingerprint density at radius 2 is 2.00 bits per heavy atom. The summed E-state index contributed by atoms with van der Waals surface area (Å²) in [7, 11) is 0. The molecule has 0 radical (unpaired) electrons. The van der Waals surface area contributed by atoms with Crippen molar-refractivity contribution in [3.8, 4) is 11.3 Å². The number of ether oxygens (including phenoxy) is 1. The lowest BCUT2D eigenvalue weighted by atomic mass is 10.1. The molecule has 1 saturated heterocycles. The lowest BCUT2D eigenvalue weighted by Gasteiger charge is -2.22. The standard InChI is InChI=1S/C22H19F2N3O3S/c23-15-8-9-16(17(24)11-15)18-13-31-21(25-18)26-20(28)19-7-4-10-27(19)22(29)30-12-14-5-2-1-3-6-14/h1-3,5-6,8-9,11,13,19H,4,7,10,12H2,(H,25,26,28)/t19-/m1/s1. The van der Waals surface area contributed by atoms with Gasteiger partial charge in [-0.25, -0.2) is 18.6 Å². The molecule has 2 aromatic carbocycles. The summed E-state index contributed by atoms with van der Waals surface area (Å²) in [6.07, 6.45) is 0.647. The minimum absolute atomic E-state index is 0.129. The number of aromatic nitrogens is 1. The molecule has 1 aromatic heterocycles. The zero-order valence-electron chi connectivity index (χ0n) is 16.4. The van der Waals surface area contributed by atoms with Crippen LogP contribution in [0.25, 0.3) is 11.3 Å². The van der Waals surface area contributed by atoms with E-state index >= 15 is 0 Å². The molecule has 1 fully saturated rings. The van der Waals surface area contributed by atoms with Gasteiger partial charge in [0.2, 0.25) is 5.91 Å². The minimum Gasteiger partial charge on any atom is -0.445 e. The Morgan fingerprint density at radius 1 is 1.19 bits per heavy atom. The number of hydrogen-bond acceptors (Lipinski definition) is 5. The molecule has 0 aliphatic carbocycles. The van der Waals surface area contributed by atoms with Gasteiger partial charge in [0.1, 0.15) is 24.3 Å². The first-order chi connectivity index (χ1) is 15.0. The monoisotopic (exact) mass is 443 g/mol. The Labute approximate surface area is 181 Å². The molecule has 1 aliphatic rings. The lowest BCUT2D eigenvalue weighted by Crippen LogP contribution is -2.43. The summed E-state index contributed by atoms with van der Waals surface area (Å²) in [6, 6.07) is 11.9. The molecule has 160 valence electrons. The van der Waals surface area contributed by atoms with E-state index in [0.717, 1.165) is 29.0 Å². The summed E-state index contributed by atoms with van der Waals surface area (Å²) < 4.78 is 32.4. The highest BCUT2D eigenvalue weighted by molar-refractivity contribution is 7.14. The highest BCUT2D eigenvalue weighted by Gasteiger charge is 2.35. The number of nitrogens with zero attached hydrogens (tertiary/aromatic N) is 2. The van der Waals surface area contributed by atoms with Crippen molar-refractivity contribution in [2.75, 3.05) is 11.9 Å². The van der Waals surface area contributed by atoms with Crippen molar-refractivity contribution in [1.29, 1.82) is 0 Å². The van der Waals surface area contributed by atoms with Crippen LogP contribution in [0.5, 0.6) is 0 Å². The molecule has 1 atom stereocenters. The van der Waals surface area contributed by atoms with E-state index in [4.69, 9.17) is 4.74 Å². The van der Waals surface area contributed by atoms with Crippen LogP contribution in [-0.4, -0.2) is 34.5 Å². The molecule has 0 spiro atoms. The zero-order chi connectivity index (χ0) is 21.8. The van der Waals surface area contributed by atoms with Gasteiger partial charge in [0, 0.05) is 23.6 Å². The second-order valence-corrected chi connectivity index (χ2v) is 7.90. The summed E-state index contributed by atoms with van der Waals surface area (Å²) in [5.74, 6) is -1.79. The van der Waals surface area contributed by atoms with Crippen LogP contribution in [0.2, 0.25) is 0 Å². The SMILES string of the molecule is O=C(Nc1nc(-c2ccc(F)cc2F)cs1)[C@H]1CCCN1C(=O)OCc1ccccc1. The maximum absolute atomic E-state index is 14.0. The topological polar surface area (TPSA) is 71.5 Å². The fourth-order valence-corrected chi connectivity index (χ4v) is 4.11. The Kier molecular flexibility index (Phi) is 6.22. The normalized spacial score (nSPS) is 15.7. The number of hydrogen-bond donors (Lipinski definition) is 1. The third-order valence-corrected chi connectivity index (χ3v) is 5.69. The smallest absolute Gasteiger partial charge is 0.410 e. The largest absolute Gasteiger partial charge is 0.445 e. The van der Waals surface area contributed by atoms with E-state index in [0.29, 0.717) is 25.1 Å². The number of carbonyl (C=O) groups is 2. The highest BCUT2D eigenvalue weighted by Crippen LogP contribution is 2.28. The van der Waals surface area contributed by atoms with E-state index in [1.807, 2.05) is 30.3 Å². The molecule has 2 amide bonds. The van der Waals surface area contributed by atoms with Gasteiger partial charge in [-0.15, -0.1) is 11.3 Å². The molecule has 9 heteroatoms. The molecule has 1 aliphatic heterocycles. The molecule has 2 heterocycles. The Balaban J connectivity index is 1.38. The summed E-state index contributed by atoms with van der Waals surface area (Å²) in [5, 5.41) is 4.53. The van der Waals surface area contributed by atoms with Crippen molar-refractivity contribution < 1.29 is 23.1 Å². The van der Waals surface area contributed by atoms with Gasteiger partial charge in [-0.3, -0.25) is 9.69 Å². The van der Waals surface area contributed by atoms with Gasteiger partial charge in [-0.2, -0.15) is 0 Å². The average Bonchev–Trinajstić information content (AvgIpc) is 3.43. The first kappa shape index (κ1) is 20.9. The van der Waals surface area contributed by atoms with Crippen LogP contribution in [0.15, 0.2) is 53.9 Å². The van der Waals surface area contributed by atoms with Crippen LogP contribution in [0.3, 0.4) is 0 Å². The summed E-state index contributed by atoms with van der Waals surface area (Å²) in [5.41, 5.74) is 1.30. The second-order valence-electron chi connectivity index (χ2n) is 7.04. The minimum atomic E-state index is -0.730. The summed E-state index contributed by atoms with van der Waals surface area (Å²) in [4.78, 5) is 30.8. The van der Waals surface area contributed by atoms with E-state index in [9.17, 15) is 18.4 Å². The van der Waals surface area contributed by atoms with Gasteiger partial charge in [-0.1, -0.05) is 30.3 Å². The van der Waals surface area contributed by atoms with Gasteiger partial charge in [-0.05, 0) is 30.5 Å².